The van der Waals surface area contributed by atoms with E-state index in [1.54, 1.807) is 4.90 Å². The van der Waals surface area contributed by atoms with E-state index in [2.05, 4.69) is 27.3 Å². The fourth-order valence-corrected chi connectivity index (χ4v) is 2.90. The van der Waals surface area contributed by atoms with Crippen LogP contribution in [0.15, 0.2) is 18.6 Å². The summed E-state index contributed by atoms with van der Waals surface area (Å²) >= 11 is 0. The van der Waals surface area contributed by atoms with Gasteiger partial charge in [-0.1, -0.05) is 0 Å². The summed E-state index contributed by atoms with van der Waals surface area (Å²) in [4.78, 5) is 24.2. The molecular weight excluding hydrogens is 306 g/mol. The van der Waals surface area contributed by atoms with Crippen molar-refractivity contribution in [3.8, 4) is 0 Å². The number of aryl methyl sites for hydroxylation is 2. The van der Waals surface area contributed by atoms with Crippen LogP contribution in [0.5, 0.6) is 0 Å². The number of nitrogens with one attached hydrogen (secondary N) is 1. The lowest BCUT2D eigenvalue weighted by Crippen LogP contribution is -2.48. The first-order valence-corrected chi connectivity index (χ1v) is 8.01. The van der Waals surface area contributed by atoms with Crippen molar-refractivity contribution in [2.75, 3.05) is 36.9 Å². The smallest absolute Gasteiger partial charge is 0.241 e. The summed E-state index contributed by atoms with van der Waals surface area (Å²) in [6, 6.07) is 1.97. The number of carbonyl (C=O) groups is 1. The van der Waals surface area contributed by atoms with Gasteiger partial charge in [-0.2, -0.15) is 5.10 Å². The molecule has 1 atom stereocenters. The topological polar surface area (TPSA) is 79.2 Å². The van der Waals surface area contributed by atoms with Crippen molar-refractivity contribution in [2.45, 2.75) is 19.9 Å². The Morgan fingerprint density at radius 3 is 2.71 bits per heavy atom. The minimum atomic E-state index is 0.0792. The van der Waals surface area contributed by atoms with Gasteiger partial charge in [0, 0.05) is 45.0 Å². The van der Waals surface area contributed by atoms with Crippen molar-refractivity contribution < 1.29 is 4.79 Å². The molecule has 3 rings (SSSR count). The molecule has 8 nitrogen and oxygen atoms in total. The second-order valence-electron chi connectivity index (χ2n) is 6.21. The molecule has 2 aromatic rings. The van der Waals surface area contributed by atoms with E-state index < -0.39 is 0 Å². The zero-order valence-corrected chi connectivity index (χ0v) is 14.5. The molecule has 0 saturated carbocycles. The normalized spacial score (nSPS) is 16.4. The minimum Gasteiger partial charge on any atom is -0.363 e. The molecule has 1 aliphatic rings. The number of carbonyl (C=O) groups excluding carboxylic acids is 1. The Hall–Kier alpha value is -2.64. The molecule has 1 unspecified atom stereocenters. The summed E-state index contributed by atoms with van der Waals surface area (Å²) < 4.78 is 1.81. The van der Waals surface area contributed by atoms with Crippen molar-refractivity contribution in [2.24, 2.45) is 7.05 Å². The van der Waals surface area contributed by atoms with Crippen molar-refractivity contribution in [3.05, 3.63) is 29.8 Å². The van der Waals surface area contributed by atoms with Gasteiger partial charge in [-0.3, -0.25) is 9.48 Å². The lowest BCUT2D eigenvalue weighted by atomic mass is 10.1. The summed E-state index contributed by atoms with van der Waals surface area (Å²) in [5.74, 6) is 1.61. The molecule has 1 amide bonds. The number of hydrogen-bond acceptors (Lipinski definition) is 6. The predicted molar refractivity (Wildman–Crippen MR) is 91.9 cm³/mol. The summed E-state index contributed by atoms with van der Waals surface area (Å²) in [5.41, 5.74) is 2.13. The molecule has 1 fully saturated rings. The average Bonchev–Trinajstić information content (AvgIpc) is 2.89. The van der Waals surface area contributed by atoms with Crippen molar-refractivity contribution in [1.82, 2.24) is 24.6 Å². The highest BCUT2D eigenvalue weighted by Crippen LogP contribution is 2.22. The van der Waals surface area contributed by atoms with Crippen LogP contribution >= 0.6 is 0 Å². The number of piperazine rings is 1. The molecule has 24 heavy (non-hydrogen) atoms. The van der Waals surface area contributed by atoms with Crippen LogP contribution in [0.3, 0.4) is 0 Å². The van der Waals surface area contributed by atoms with Crippen LogP contribution in [0, 0.1) is 6.92 Å². The molecule has 1 saturated heterocycles. The van der Waals surface area contributed by atoms with Crippen LogP contribution in [-0.4, -0.2) is 57.2 Å². The molecule has 1 N–H and O–H groups in total. The van der Waals surface area contributed by atoms with Gasteiger partial charge in [-0.05, 0) is 13.8 Å². The average molecular weight is 329 g/mol. The molecule has 1 aliphatic heterocycles. The Kier molecular flexibility index (Phi) is 4.37. The Morgan fingerprint density at radius 1 is 1.25 bits per heavy atom. The predicted octanol–water partition coefficient (Wildman–Crippen LogP) is 0.970. The van der Waals surface area contributed by atoms with E-state index in [0.29, 0.717) is 13.1 Å². The Morgan fingerprint density at radius 2 is 2.04 bits per heavy atom. The van der Waals surface area contributed by atoms with E-state index in [0.717, 1.165) is 29.4 Å². The highest BCUT2D eigenvalue weighted by molar-refractivity contribution is 5.82. The fraction of sp³-hybridized carbons (Fsp3) is 0.500. The molecule has 2 aromatic heterocycles. The highest BCUT2D eigenvalue weighted by atomic mass is 16.2. The van der Waals surface area contributed by atoms with Gasteiger partial charge < -0.3 is 15.1 Å². The fourth-order valence-electron chi connectivity index (χ4n) is 2.90. The first-order chi connectivity index (χ1) is 11.4. The van der Waals surface area contributed by atoms with Gasteiger partial charge in [-0.15, -0.1) is 0 Å². The van der Waals surface area contributed by atoms with Crippen LogP contribution in [0.25, 0.3) is 0 Å². The van der Waals surface area contributed by atoms with Gasteiger partial charge in [0.25, 0.3) is 0 Å². The number of hydrogen-bond donors (Lipinski definition) is 1. The number of anilines is 2. The van der Waals surface area contributed by atoms with E-state index >= 15 is 0 Å². The molecule has 0 bridgehead atoms. The lowest BCUT2D eigenvalue weighted by Gasteiger charge is -2.32. The van der Waals surface area contributed by atoms with E-state index in [-0.39, 0.29) is 11.9 Å². The minimum absolute atomic E-state index is 0.0792. The molecule has 8 heteroatoms. The molecule has 3 heterocycles. The van der Waals surface area contributed by atoms with Gasteiger partial charge in [0.15, 0.2) is 0 Å². The Labute approximate surface area is 141 Å². The summed E-state index contributed by atoms with van der Waals surface area (Å²) in [6.45, 7) is 5.90. The van der Waals surface area contributed by atoms with Gasteiger partial charge in [0.1, 0.15) is 18.0 Å². The SMILES string of the molecule is Cc1nn(C)cc1C(C)Nc1cc(N2CCN(C)C(=O)C2)ncn1. The molecule has 0 spiro atoms. The van der Waals surface area contributed by atoms with Crippen LogP contribution in [0.2, 0.25) is 0 Å². The maximum absolute atomic E-state index is 11.9. The standard InChI is InChI=1S/C16H23N7O/c1-11(13-8-22(4)20-12(13)2)19-14-7-15(18-10-17-14)23-6-5-21(3)16(24)9-23/h7-8,10-11H,5-6,9H2,1-4H3,(H,17,18,19). The van der Waals surface area contributed by atoms with Gasteiger partial charge in [-0.25, -0.2) is 9.97 Å². The van der Waals surface area contributed by atoms with Crippen LogP contribution in [0.4, 0.5) is 11.6 Å². The third kappa shape index (κ3) is 3.32. The summed E-state index contributed by atoms with van der Waals surface area (Å²) in [5, 5.41) is 7.76. The molecule has 0 radical (unpaired) electrons. The third-order valence-electron chi connectivity index (χ3n) is 4.32. The lowest BCUT2D eigenvalue weighted by molar-refractivity contribution is -0.129. The quantitative estimate of drug-likeness (QED) is 0.900. The monoisotopic (exact) mass is 329 g/mol. The maximum Gasteiger partial charge on any atom is 0.241 e. The Balaban J connectivity index is 1.73. The number of nitrogens with zero attached hydrogens (tertiary/aromatic N) is 6. The second kappa shape index (κ2) is 6.46. The van der Waals surface area contributed by atoms with E-state index in [1.807, 2.05) is 42.9 Å². The maximum atomic E-state index is 11.9. The number of likely N-dealkylation sites (N-methyl/N-ethyl adjacent to an activating group) is 1. The number of amides is 1. The third-order valence-corrected chi connectivity index (χ3v) is 4.32. The van der Waals surface area contributed by atoms with Crippen molar-refractivity contribution in [3.63, 3.8) is 0 Å². The highest BCUT2D eigenvalue weighted by Gasteiger charge is 2.22. The largest absolute Gasteiger partial charge is 0.363 e. The molecule has 128 valence electrons. The number of rotatable bonds is 4. The summed E-state index contributed by atoms with van der Waals surface area (Å²) in [6.07, 6.45) is 3.54. The number of aromatic nitrogens is 4. The first kappa shape index (κ1) is 16.2. The zero-order chi connectivity index (χ0) is 17.3. The van der Waals surface area contributed by atoms with Gasteiger partial charge in [0.2, 0.25) is 5.91 Å². The zero-order valence-electron chi connectivity index (χ0n) is 14.5. The molecular formula is C16H23N7O. The van der Waals surface area contributed by atoms with Gasteiger partial charge in [0.05, 0.1) is 18.3 Å². The molecule has 0 aromatic carbocycles. The van der Waals surface area contributed by atoms with Crippen LogP contribution in [-0.2, 0) is 11.8 Å². The second-order valence-corrected chi connectivity index (χ2v) is 6.21. The van der Waals surface area contributed by atoms with Crippen LogP contribution < -0.4 is 10.2 Å². The first-order valence-electron chi connectivity index (χ1n) is 8.01. The Bertz CT molecular complexity index is 742. The van der Waals surface area contributed by atoms with E-state index in [9.17, 15) is 4.79 Å². The van der Waals surface area contributed by atoms with Gasteiger partial charge >= 0.3 is 0 Å². The van der Waals surface area contributed by atoms with Crippen molar-refractivity contribution >= 4 is 17.5 Å². The molecule has 0 aliphatic carbocycles. The van der Waals surface area contributed by atoms with E-state index in [4.69, 9.17) is 0 Å². The summed E-state index contributed by atoms with van der Waals surface area (Å²) in [7, 11) is 3.74. The van der Waals surface area contributed by atoms with Crippen molar-refractivity contribution in [1.29, 1.82) is 0 Å². The van der Waals surface area contributed by atoms with E-state index in [1.165, 1.54) is 6.33 Å². The van der Waals surface area contributed by atoms with Crippen LogP contribution in [0.1, 0.15) is 24.2 Å².